The van der Waals surface area contributed by atoms with Gasteiger partial charge >= 0.3 is 6.03 Å². The molecule has 4 amide bonds. The number of carbonyl (C=O) groups is 3. The van der Waals surface area contributed by atoms with E-state index in [1.54, 1.807) is 30.3 Å². The summed E-state index contributed by atoms with van der Waals surface area (Å²) in [6.45, 7) is 6.89. The normalized spacial score (nSPS) is 14.9. The fourth-order valence-electron chi connectivity index (χ4n) is 3.90. The first kappa shape index (κ1) is 23.8. The Labute approximate surface area is 203 Å². The largest absolute Gasteiger partial charge is 0.494 e. The summed E-state index contributed by atoms with van der Waals surface area (Å²) in [7, 11) is 0. The van der Waals surface area contributed by atoms with Crippen LogP contribution in [0.2, 0.25) is 0 Å². The summed E-state index contributed by atoms with van der Waals surface area (Å²) in [4.78, 5) is 39.8. The average molecular weight is 475 g/mol. The summed E-state index contributed by atoms with van der Waals surface area (Å²) in [6.07, 6.45) is 1.46. The van der Waals surface area contributed by atoms with Crippen LogP contribution in [-0.2, 0) is 9.59 Å². The lowest BCUT2D eigenvalue weighted by atomic mass is 9.99. The first-order valence-electron chi connectivity index (χ1n) is 11.4. The Morgan fingerprint density at radius 2 is 1.51 bits per heavy atom. The molecule has 0 aliphatic carbocycles. The third-order valence-corrected chi connectivity index (χ3v) is 5.38. The van der Waals surface area contributed by atoms with Crippen LogP contribution in [0.3, 0.4) is 0 Å². The topological polar surface area (TPSA) is 94.2 Å². The van der Waals surface area contributed by atoms with E-state index in [0.717, 1.165) is 15.7 Å². The van der Waals surface area contributed by atoms with Crippen LogP contribution in [0.15, 0.2) is 60.2 Å². The van der Waals surface area contributed by atoms with Crippen molar-refractivity contribution >= 4 is 40.4 Å². The molecule has 3 aromatic rings. The second kappa shape index (κ2) is 10.3. The highest BCUT2D eigenvalue weighted by Crippen LogP contribution is 2.34. The molecule has 0 unspecified atom stereocenters. The third kappa shape index (κ3) is 4.82. The SMILES string of the molecule is CCOc1cccc(N2C(=O)NC(=O)/C(=C\c3c(OCC)ccc4ccc(OCC)cc34)C2=O)c1. The van der Waals surface area contributed by atoms with Crippen molar-refractivity contribution in [1.29, 1.82) is 0 Å². The van der Waals surface area contributed by atoms with Crippen LogP contribution in [-0.4, -0.2) is 37.7 Å². The maximum Gasteiger partial charge on any atom is 0.335 e. The molecule has 8 nitrogen and oxygen atoms in total. The predicted molar refractivity (Wildman–Crippen MR) is 133 cm³/mol. The van der Waals surface area contributed by atoms with Gasteiger partial charge in [0.1, 0.15) is 22.8 Å². The van der Waals surface area contributed by atoms with E-state index >= 15 is 0 Å². The van der Waals surface area contributed by atoms with E-state index < -0.39 is 17.8 Å². The number of amides is 4. The molecule has 1 aliphatic heterocycles. The molecule has 1 N–H and O–H groups in total. The van der Waals surface area contributed by atoms with Crippen LogP contribution in [0, 0.1) is 0 Å². The molecule has 0 bridgehead atoms. The highest BCUT2D eigenvalue weighted by atomic mass is 16.5. The Kier molecular flexibility index (Phi) is 7.01. The molecule has 0 atom stereocenters. The highest BCUT2D eigenvalue weighted by molar-refractivity contribution is 6.39. The van der Waals surface area contributed by atoms with Crippen molar-refractivity contribution in [1.82, 2.24) is 5.32 Å². The highest BCUT2D eigenvalue weighted by Gasteiger charge is 2.37. The summed E-state index contributed by atoms with van der Waals surface area (Å²) in [5.41, 5.74) is 0.641. The minimum Gasteiger partial charge on any atom is -0.494 e. The molecular weight excluding hydrogens is 448 g/mol. The summed E-state index contributed by atoms with van der Waals surface area (Å²) >= 11 is 0. The number of hydrogen-bond donors (Lipinski definition) is 1. The lowest BCUT2D eigenvalue weighted by Gasteiger charge is -2.27. The second-order valence-electron chi connectivity index (χ2n) is 7.61. The zero-order valence-electron chi connectivity index (χ0n) is 19.8. The summed E-state index contributed by atoms with van der Waals surface area (Å²) in [5.74, 6) is 0.135. The molecule has 8 heteroatoms. The van der Waals surface area contributed by atoms with Gasteiger partial charge in [-0.05, 0) is 68.0 Å². The maximum absolute atomic E-state index is 13.5. The Balaban J connectivity index is 1.85. The van der Waals surface area contributed by atoms with Crippen molar-refractivity contribution in [3.8, 4) is 17.2 Å². The molecule has 180 valence electrons. The van der Waals surface area contributed by atoms with Gasteiger partial charge in [-0.3, -0.25) is 14.9 Å². The Morgan fingerprint density at radius 3 is 2.23 bits per heavy atom. The lowest BCUT2D eigenvalue weighted by molar-refractivity contribution is -0.122. The fraction of sp³-hybridized carbons (Fsp3) is 0.222. The van der Waals surface area contributed by atoms with Gasteiger partial charge in [-0.1, -0.05) is 18.2 Å². The summed E-state index contributed by atoms with van der Waals surface area (Å²) < 4.78 is 16.9. The van der Waals surface area contributed by atoms with Crippen LogP contribution in [0.25, 0.3) is 16.8 Å². The van der Waals surface area contributed by atoms with E-state index in [1.165, 1.54) is 6.08 Å². The molecule has 0 spiro atoms. The molecule has 0 radical (unpaired) electrons. The molecule has 1 aliphatic rings. The van der Waals surface area contributed by atoms with Crippen molar-refractivity contribution < 1.29 is 28.6 Å². The summed E-state index contributed by atoms with van der Waals surface area (Å²) in [6, 6.07) is 15.0. The van der Waals surface area contributed by atoms with Crippen LogP contribution in [0.5, 0.6) is 17.2 Å². The molecule has 1 heterocycles. The first-order chi connectivity index (χ1) is 17.0. The minimum atomic E-state index is -0.826. The first-order valence-corrected chi connectivity index (χ1v) is 11.4. The van der Waals surface area contributed by atoms with Gasteiger partial charge in [-0.15, -0.1) is 0 Å². The fourth-order valence-corrected chi connectivity index (χ4v) is 3.90. The van der Waals surface area contributed by atoms with Gasteiger partial charge in [0, 0.05) is 11.6 Å². The van der Waals surface area contributed by atoms with Gasteiger partial charge in [0.05, 0.1) is 25.5 Å². The van der Waals surface area contributed by atoms with Gasteiger partial charge in [-0.2, -0.15) is 0 Å². The molecule has 4 rings (SSSR count). The second-order valence-corrected chi connectivity index (χ2v) is 7.61. The van der Waals surface area contributed by atoms with E-state index in [1.807, 2.05) is 45.0 Å². The number of nitrogens with one attached hydrogen (secondary N) is 1. The zero-order chi connectivity index (χ0) is 24.9. The van der Waals surface area contributed by atoms with Crippen molar-refractivity contribution in [2.24, 2.45) is 0 Å². The molecule has 35 heavy (non-hydrogen) atoms. The van der Waals surface area contributed by atoms with Crippen LogP contribution in [0.4, 0.5) is 10.5 Å². The van der Waals surface area contributed by atoms with Crippen LogP contribution >= 0.6 is 0 Å². The standard InChI is InChI=1S/C27H26N2O6/c1-4-33-19-9-7-8-18(14-19)29-26(31)23(25(30)28-27(29)32)16-22-21-15-20(34-5-2)12-10-17(21)11-13-24(22)35-6-3/h7-16H,4-6H2,1-3H3,(H,28,30,32)/b23-16+. The monoisotopic (exact) mass is 474 g/mol. The smallest absolute Gasteiger partial charge is 0.335 e. The molecular formula is C27H26N2O6. The van der Waals surface area contributed by atoms with Crippen LogP contribution < -0.4 is 24.4 Å². The van der Waals surface area contributed by atoms with Gasteiger partial charge in [-0.25, -0.2) is 9.69 Å². The number of benzene rings is 3. The molecule has 1 fully saturated rings. The molecule has 3 aromatic carbocycles. The van der Waals surface area contributed by atoms with Gasteiger partial charge in [0.2, 0.25) is 0 Å². The van der Waals surface area contributed by atoms with E-state index in [9.17, 15) is 14.4 Å². The van der Waals surface area contributed by atoms with E-state index in [-0.39, 0.29) is 5.57 Å². The molecule has 0 saturated carbocycles. The van der Waals surface area contributed by atoms with Gasteiger partial charge in [0.25, 0.3) is 11.8 Å². The lowest BCUT2D eigenvalue weighted by Crippen LogP contribution is -2.54. The molecule has 0 aromatic heterocycles. The number of anilines is 1. The number of ether oxygens (including phenoxy) is 3. The number of rotatable bonds is 8. The Bertz CT molecular complexity index is 1330. The van der Waals surface area contributed by atoms with Crippen molar-refractivity contribution in [3.05, 3.63) is 65.7 Å². The Hall–Kier alpha value is -4.33. The van der Waals surface area contributed by atoms with Crippen molar-refractivity contribution in [2.45, 2.75) is 20.8 Å². The Morgan fingerprint density at radius 1 is 0.829 bits per heavy atom. The number of hydrogen-bond acceptors (Lipinski definition) is 6. The van der Waals surface area contributed by atoms with Crippen molar-refractivity contribution in [3.63, 3.8) is 0 Å². The number of nitrogens with zero attached hydrogens (tertiary/aromatic N) is 1. The number of fused-ring (bicyclic) bond motifs is 1. The van der Waals surface area contributed by atoms with Crippen molar-refractivity contribution in [2.75, 3.05) is 24.7 Å². The van der Waals surface area contributed by atoms with E-state index in [4.69, 9.17) is 14.2 Å². The minimum absolute atomic E-state index is 0.193. The quantitative estimate of drug-likeness (QED) is 0.376. The number of barbiturate groups is 1. The predicted octanol–water partition coefficient (Wildman–Crippen LogP) is 4.70. The van der Waals surface area contributed by atoms with E-state index in [0.29, 0.717) is 48.3 Å². The summed E-state index contributed by atoms with van der Waals surface area (Å²) in [5, 5.41) is 3.89. The van der Waals surface area contributed by atoms with Crippen LogP contribution in [0.1, 0.15) is 26.3 Å². The average Bonchev–Trinajstić information content (AvgIpc) is 2.83. The third-order valence-electron chi connectivity index (χ3n) is 5.38. The van der Waals surface area contributed by atoms with E-state index in [2.05, 4.69) is 5.32 Å². The van der Waals surface area contributed by atoms with Gasteiger partial charge in [0.15, 0.2) is 0 Å². The van der Waals surface area contributed by atoms with Gasteiger partial charge < -0.3 is 14.2 Å². The zero-order valence-corrected chi connectivity index (χ0v) is 19.8. The number of urea groups is 1. The molecule has 1 saturated heterocycles. The number of carbonyl (C=O) groups excluding carboxylic acids is 3. The maximum atomic E-state index is 13.5. The number of imide groups is 2.